The summed E-state index contributed by atoms with van der Waals surface area (Å²) in [4.78, 5) is 22.1. The van der Waals surface area contributed by atoms with Crippen LogP contribution in [-0.2, 0) is 14.8 Å². The average molecular weight is 314 g/mol. The normalized spacial score (nSPS) is 13.2. The standard InChI is InChI=1S/C13H18N2O5S/c1-8(2)13(9(3)16)11-6-5-10(21(19,20)14-4)7-12(11)15(17)18/h5-8,13-14H,1-4H3. The number of ketones is 1. The van der Waals surface area contributed by atoms with Crippen LogP contribution in [0.15, 0.2) is 23.1 Å². The lowest BCUT2D eigenvalue weighted by Gasteiger charge is -2.18. The van der Waals surface area contributed by atoms with Crippen LogP contribution in [0.5, 0.6) is 0 Å². The molecule has 0 heterocycles. The number of nitro benzene ring substituents is 1. The van der Waals surface area contributed by atoms with Crippen LogP contribution in [0.4, 0.5) is 5.69 Å². The van der Waals surface area contributed by atoms with Crippen molar-refractivity contribution in [3.05, 3.63) is 33.9 Å². The molecule has 0 amide bonds. The number of nitrogens with zero attached hydrogens (tertiary/aromatic N) is 1. The molecule has 0 aromatic heterocycles. The van der Waals surface area contributed by atoms with Gasteiger partial charge in [0.15, 0.2) is 0 Å². The van der Waals surface area contributed by atoms with E-state index in [2.05, 4.69) is 4.72 Å². The summed E-state index contributed by atoms with van der Waals surface area (Å²) >= 11 is 0. The lowest BCUT2D eigenvalue weighted by atomic mass is 9.84. The number of sulfonamides is 1. The number of Topliss-reactive ketones (excluding diaryl/α,β-unsaturated/α-hetero) is 1. The molecule has 0 bridgehead atoms. The summed E-state index contributed by atoms with van der Waals surface area (Å²) in [6, 6.07) is 3.60. The van der Waals surface area contributed by atoms with E-state index in [0.29, 0.717) is 0 Å². The van der Waals surface area contributed by atoms with E-state index in [0.717, 1.165) is 6.07 Å². The van der Waals surface area contributed by atoms with Crippen molar-refractivity contribution in [1.29, 1.82) is 0 Å². The molecule has 0 aliphatic rings. The molecular weight excluding hydrogens is 296 g/mol. The zero-order chi connectivity index (χ0) is 16.4. The van der Waals surface area contributed by atoms with Crippen LogP contribution in [0, 0.1) is 16.0 Å². The molecule has 7 nitrogen and oxygen atoms in total. The minimum absolute atomic E-state index is 0.132. The smallest absolute Gasteiger partial charge is 0.274 e. The highest BCUT2D eigenvalue weighted by atomic mass is 32.2. The monoisotopic (exact) mass is 314 g/mol. The summed E-state index contributed by atoms with van der Waals surface area (Å²) in [6.07, 6.45) is 0. The molecule has 0 fully saturated rings. The summed E-state index contributed by atoms with van der Waals surface area (Å²) in [7, 11) is -2.55. The molecular formula is C13H18N2O5S. The summed E-state index contributed by atoms with van der Waals surface area (Å²) in [5.74, 6) is -0.970. The van der Waals surface area contributed by atoms with Gasteiger partial charge in [-0.25, -0.2) is 13.1 Å². The third-order valence-corrected chi connectivity index (χ3v) is 4.63. The second-order valence-electron chi connectivity index (χ2n) is 5.02. The number of carbonyl (C=O) groups is 1. The molecule has 8 heteroatoms. The van der Waals surface area contributed by atoms with Crippen LogP contribution in [0.3, 0.4) is 0 Å². The first-order valence-corrected chi connectivity index (χ1v) is 7.82. The number of hydrogen-bond acceptors (Lipinski definition) is 5. The van der Waals surface area contributed by atoms with E-state index in [9.17, 15) is 23.3 Å². The van der Waals surface area contributed by atoms with Gasteiger partial charge >= 0.3 is 0 Å². The third kappa shape index (κ3) is 3.64. The Balaban J connectivity index is 3.56. The van der Waals surface area contributed by atoms with Crippen LogP contribution >= 0.6 is 0 Å². The summed E-state index contributed by atoms with van der Waals surface area (Å²) in [5.41, 5.74) is -0.127. The fourth-order valence-electron chi connectivity index (χ4n) is 2.28. The van der Waals surface area contributed by atoms with Gasteiger partial charge in [-0.1, -0.05) is 19.9 Å². The number of benzene rings is 1. The number of carbonyl (C=O) groups excluding carboxylic acids is 1. The Hall–Kier alpha value is -1.80. The molecule has 1 unspecified atom stereocenters. The molecule has 1 aromatic carbocycles. The van der Waals surface area contributed by atoms with E-state index in [1.54, 1.807) is 13.8 Å². The fraction of sp³-hybridized carbons (Fsp3) is 0.462. The highest BCUT2D eigenvalue weighted by Gasteiger charge is 2.29. The fourth-order valence-corrected chi connectivity index (χ4v) is 3.03. The van der Waals surface area contributed by atoms with Gasteiger partial charge in [-0.3, -0.25) is 14.9 Å². The maximum atomic E-state index is 11.7. The van der Waals surface area contributed by atoms with Gasteiger partial charge in [0.25, 0.3) is 5.69 Å². The maximum absolute atomic E-state index is 11.7. The zero-order valence-corrected chi connectivity index (χ0v) is 13.1. The predicted octanol–water partition coefficient (Wildman–Crippen LogP) is 1.83. The van der Waals surface area contributed by atoms with Crippen molar-refractivity contribution < 1.29 is 18.1 Å². The zero-order valence-electron chi connectivity index (χ0n) is 12.3. The van der Waals surface area contributed by atoms with Crippen LogP contribution < -0.4 is 4.72 Å². The highest BCUT2D eigenvalue weighted by Crippen LogP contribution is 2.34. The predicted molar refractivity (Wildman–Crippen MR) is 77.6 cm³/mol. The molecule has 0 saturated carbocycles. The minimum atomic E-state index is -3.78. The van der Waals surface area contributed by atoms with Crippen molar-refractivity contribution in [2.24, 2.45) is 5.92 Å². The molecule has 0 radical (unpaired) electrons. The summed E-state index contributed by atoms with van der Waals surface area (Å²) in [6.45, 7) is 4.94. The lowest BCUT2D eigenvalue weighted by molar-refractivity contribution is -0.385. The van der Waals surface area contributed by atoms with Gasteiger partial charge in [-0.05, 0) is 26.0 Å². The molecule has 0 aliphatic heterocycles. The van der Waals surface area contributed by atoms with E-state index in [1.807, 2.05) is 0 Å². The van der Waals surface area contributed by atoms with E-state index < -0.39 is 20.9 Å². The second-order valence-corrected chi connectivity index (χ2v) is 6.90. The van der Waals surface area contributed by atoms with Gasteiger partial charge in [0, 0.05) is 11.6 Å². The lowest BCUT2D eigenvalue weighted by Crippen LogP contribution is -2.20. The quantitative estimate of drug-likeness (QED) is 0.637. The largest absolute Gasteiger partial charge is 0.299 e. The van der Waals surface area contributed by atoms with Gasteiger partial charge < -0.3 is 0 Å². The van der Waals surface area contributed by atoms with E-state index in [-0.39, 0.29) is 27.8 Å². The highest BCUT2D eigenvalue weighted by molar-refractivity contribution is 7.89. The van der Waals surface area contributed by atoms with Crippen LogP contribution in [0.25, 0.3) is 0 Å². The number of hydrogen-bond donors (Lipinski definition) is 1. The van der Waals surface area contributed by atoms with Crippen molar-refractivity contribution in [2.75, 3.05) is 7.05 Å². The summed E-state index contributed by atoms with van der Waals surface area (Å²) in [5, 5.41) is 11.2. The molecule has 116 valence electrons. The molecule has 1 aromatic rings. The van der Waals surface area contributed by atoms with Gasteiger partial charge in [-0.2, -0.15) is 0 Å². The van der Waals surface area contributed by atoms with E-state index in [1.165, 1.54) is 26.1 Å². The molecule has 0 spiro atoms. The Morgan fingerprint density at radius 2 is 1.90 bits per heavy atom. The van der Waals surface area contributed by atoms with Gasteiger partial charge in [-0.15, -0.1) is 0 Å². The number of nitrogens with one attached hydrogen (secondary N) is 1. The van der Waals surface area contributed by atoms with E-state index >= 15 is 0 Å². The molecule has 0 aliphatic carbocycles. The van der Waals surface area contributed by atoms with Crippen LogP contribution in [0.1, 0.15) is 32.3 Å². The molecule has 1 atom stereocenters. The molecule has 0 saturated heterocycles. The van der Waals surface area contributed by atoms with Gasteiger partial charge in [0.2, 0.25) is 10.0 Å². The Morgan fingerprint density at radius 1 is 1.33 bits per heavy atom. The first-order valence-electron chi connectivity index (χ1n) is 6.34. The Labute approximate surface area is 123 Å². The second kappa shape index (κ2) is 6.31. The summed E-state index contributed by atoms with van der Waals surface area (Å²) < 4.78 is 25.5. The average Bonchev–Trinajstić information content (AvgIpc) is 2.37. The van der Waals surface area contributed by atoms with Gasteiger partial charge in [0.05, 0.1) is 15.7 Å². The van der Waals surface area contributed by atoms with Crippen molar-refractivity contribution in [1.82, 2.24) is 4.72 Å². The van der Waals surface area contributed by atoms with E-state index in [4.69, 9.17) is 0 Å². The minimum Gasteiger partial charge on any atom is -0.299 e. The third-order valence-electron chi connectivity index (χ3n) is 3.22. The first kappa shape index (κ1) is 17.3. The Kier molecular flexibility index (Phi) is 5.19. The topological polar surface area (TPSA) is 106 Å². The van der Waals surface area contributed by atoms with Crippen molar-refractivity contribution in [3.8, 4) is 0 Å². The Morgan fingerprint density at radius 3 is 2.29 bits per heavy atom. The SMILES string of the molecule is CNS(=O)(=O)c1ccc(C(C(C)=O)C(C)C)c([N+](=O)[O-])c1. The van der Waals surface area contributed by atoms with Gasteiger partial charge in [0.1, 0.15) is 5.78 Å². The van der Waals surface area contributed by atoms with Crippen LogP contribution in [-0.4, -0.2) is 26.2 Å². The molecule has 21 heavy (non-hydrogen) atoms. The maximum Gasteiger partial charge on any atom is 0.274 e. The van der Waals surface area contributed by atoms with Crippen LogP contribution in [0.2, 0.25) is 0 Å². The van der Waals surface area contributed by atoms with Crippen molar-refractivity contribution >= 4 is 21.5 Å². The first-order chi connectivity index (χ1) is 9.61. The number of nitro groups is 1. The Bertz CT molecular complexity index is 667. The molecule has 1 N–H and O–H groups in total. The van der Waals surface area contributed by atoms with Crippen molar-refractivity contribution in [2.45, 2.75) is 31.6 Å². The van der Waals surface area contributed by atoms with Crippen molar-refractivity contribution in [3.63, 3.8) is 0 Å². The number of rotatable bonds is 6. The molecule has 1 rings (SSSR count).